The summed E-state index contributed by atoms with van der Waals surface area (Å²) in [5.74, 6) is -0.148. The number of carbonyl (C=O) groups is 1. The number of esters is 1. The predicted octanol–water partition coefficient (Wildman–Crippen LogP) is 5.01. The van der Waals surface area contributed by atoms with E-state index in [0.29, 0.717) is 137 Å². The number of alkyl halides is 4. The van der Waals surface area contributed by atoms with Gasteiger partial charge >= 0.3 is 12.1 Å². The second-order valence-electron chi connectivity index (χ2n) is 10.7. The van der Waals surface area contributed by atoms with Crippen LogP contribution in [0.25, 0.3) is 0 Å². The summed E-state index contributed by atoms with van der Waals surface area (Å²) < 4.78 is 98.5. The summed E-state index contributed by atoms with van der Waals surface area (Å²) in [5.41, 5.74) is -0.0943. The first kappa shape index (κ1) is 46.5. The van der Waals surface area contributed by atoms with Crippen LogP contribution in [0.3, 0.4) is 0 Å². The highest BCUT2D eigenvalue weighted by Crippen LogP contribution is 2.32. The molecule has 2 rings (SSSR count). The predicted molar refractivity (Wildman–Crippen MR) is 190 cm³/mol. The Labute approximate surface area is 314 Å². The lowest BCUT2D eigenvalue weighted by molar-refractivity contribution is -0.137. The van der Waals surface area contributed by atoms with Crippen molar-refractivity contribution in [1.29, 1.82) is 0 Å². The molecule has 0 atom stereocenters. The van der Waals surface area contributed by atoms with Gasteiger partial charge < -0.3 is 57.4 Å². The number of anilines is 2. The lowest BCUT2D eigenvalue weighted by atomic mass is 10.1. The second kappa shape index (κ2) is 31.7. The summed E-state index contributed by atoms with van der Waals surface area (Å²) in [7, 11) is 0. The summed E-state index contributed by atoms with van der Waals surface area (Å²) in [6.07, 6.45) is -4.48. The summed E-state index contributed by atoms with van der Waals surface area (Å²) in [6, 6.07) is 11.1. The number of nitrogens with one attached hydrogen (secondary N) is 1. The number of rotatable bonds is 35. The maximum Gasteiger partial charge on any atom is 0.416 e. The fraction of sp³-hybridized carbons (Fsp3) is 0.639. The van der Waals surface area contributed by atoms with Gasteiger partial charge in [0.25, 0.3) is 0 Å². The van der Waals surface area contributed by atoms with Crippen LogP contribution in [0.4, 0.5) is 24.5 Å². The van der Waals surface area contributed by atoms with E-state index in [1.54, 1.807) is 18.2 Å². The minimum atomic E-state index is -4.48. The minimum absolute atomic E-state index is 0.00282. The van der Waals surface area contributed by atoms with Gasteiger partial charge in [-0.15, -0.1) is 11.6 Å². The van der Waals surface area contributed by atoms with Gasteiger partial charge in [-0.05, 0) is 30.3 Å². The van der Waals surface area contributed by atoms with Crippen LogP contribution < -0.4 is 5.32 Å². The van der Waals surface area contributed by atoms with Crippen LogP contribution in [0.15, 0.2) is 48.5 Å². The Kier molecular flexibility index (Phi) is 27.8. The first-order valence-corrected chi connectivity index (χ1v) is 18.0. The second-order valence-corrected chi connectivity index (χ2v) is 11.1. The molecular weight excluding hydrogens is 731 g/mol. The van der Waals surface area contributed by atoms with Crippen molar-refractivity contribution < 1.29 is 70.1 Å². The van der Waals surface area contributed by atoms with E-state index in [-0.39, 0.29) is 24.5 Å². The van der Waals surface area contributed by atoms with Crippen LogP contribution in [0, 0.1) is 0 Å². The number of hydrogen-bond acceptors (Lipinski definition) is 13. The fourth-order valence-corrected chi connectivity index (χ4v) is 4.21. The van der Waals surface area contributed by atoms with Crippen LogP contribution >= 0.6 is 11.6 Å². The average Bonchev–Trinajstić information content (AvgIpc) is 3.15. The molecule has 13 nitrogen and oxygen atoms in total. The molecule has 0 heterocycles. The van der Waals surface area contributed by atoms with E-state index >= 15 is 0 Å². The molecule has 0 aliphatic heterocycles. The number of ether oxygens (including phenoxy) is 11. The molecule has 0 amide bonds. The minimum Gasteiger partial charge on any atom is -0.460 e. The van der Waals surface area contributed by atoms with Gasteiger partial charge in [-0.1, -0.05) is 18.2 Å². The molecular formula is C36H53ClF3NO12. The quantitative estimate of drug-likeness (QED) is 0.0572. The third-order valence-electron chi connectivity index (χ3n) is 6.65. The molecule has 302 valence electrons. The third-order valence-corrected chi connectivity index (χ3v) is 6.80. The zero-order valence-corrected chi connectivity index (χ0v) is 30.8. The lowest BCUT2D eigenvalue weighted by Crippen LogP contribution is -2.16. The van der Waals surface area contributed by atoms with E-state index in [0.717, 1.165) is 12.1 Å². The van der Waals surface area contributed by atoms with Crippen LogP contribution in [0.2, 0.25) is 0 Å². The van der Waals surface area contributed by atoms with E-state index in [2.05, 4.69) is 5.32 Å². The molecule has 0 radical (unpaired) electrons. The van der Waals surface area contributed by atoms with Crippen molar-refractivity contribution in [2.24, 2.45) is 0 Å². The summed E-state index contributed by atoms with van der Waals surface area (Å²) in [4.78, 5) is 12.6. The maximum atomic E-state index is 13.0. The molecule has 1 N–H and O–H groups in total. The molecule has 0 aliphatic rings. The number of para-hydroxylation sites is 1. The highest BCUT2D eigenvalue weighted by molar-refractivity contribution is 6.17. The van der Waals surface area contributed by atoms with Gasteiger partial charge in [0, 0.05) is 11.6 Å². The summed E-state index contributed by atoms with van der Waals surface area (Å²) >= 11 is 5.51. The van der Waals surface area contributed by atoms with Gasteiger partial charge in [0.1, 0.15) is 6.61 Å². The maximum absolute atomic E-state index is 13.0. The van der Waals surface area contributed by atoms with Gasteiger partial charge in [0.05, 0.1) is 149 Å². The zero-order chi connectivity index (χ0) is 38.1. The van der Waals surface area contributed by atoms with Crippen molar-refractivity contribution in [3.05, 3.63) is 59.7 Å². The Hall–Kier alpha value is -2.61. The van der Waals surface area contributed by atoms with Crippen molar-refractivity contribution in [3.8, 4) is 0 Å². The Bertz CT molecular complexity index is 1180. The largest absolute Gasteiger partial charge is 0.460 e. The first-order valence-electron chi connectivity index (χ1n) is 17.5. The van der Waals surface area contributed by atoms with E-state index in [1.807, 2.05) is 0 Å². The number of halogens is 4. The van der Waals surface area contributed by atoms with Crippen molar-refractivity contribution in [2.45, 2.75) is 6.18 Å². The molecule has 0 unspecified atom stereocenters. The number of benzene rings is 2. The Morgan fingerprint density at radius 1 is 0.509 bits per heavy atom. The Balaban J connectivity index is 1.30. The number of hydrogen-bond donors (Lipinski definition) is 1. The molecule has 0 aromatic heterocycles. The van der Waals surface area contributed by atoms with Crippen LogP contribution in [-0.4, -0.2) is 151 Å². The van der Waals surface area contributed by atoms with Gasteiger partial charge in [-0.2, -0.15) is 13.2 Å². The molecule has 0 bridgehead atoms. The molecule has 0 fully saturated rings. The summed E-state index contributed by atoms with van der Waals surface area (Å²) in [5, 5.41) is 2.86. The molecule has 53 heavy (non-hydrogen) atoms. The van der Waals surface area contributed by atoms with Gasteiger partial charge in [0.15, 0.2) is 0 Å². The molecule has 0 spiro atoms. The van der Waals surface area contributed by atoms with Crippen LogP contribution in [-0.2, 0) is 58.3 Å². The van der Waals surface area contributed by atoms with Gasteiger partial charge in [-0.25, -0.2) is 4.79 Å². The highest BCUT2D eigenvalue weighted by atomic mass is 35.5. The van der Waals surface area contributed by atoms with E-state index in [1.165, 1.54) is 18.2 Å². The van der Waals surface area contributed by atoms with Crippen LogP contribution in [0.1, 0.15) is 15.9 Å². The smallest absolute Gasteiger partial charge is 0.416 e. The average molecular weight is 784 g/mol. The van der Waals surface area contributed by atoms with Crippen molar-refractivity contribution >= 4 is 28.9 Å². The van der Waals surface area contributed by atoms with E-state index in [4.69, 9.17) is 63.7 Å². The topological polar surface area (TPSA) is 131 Å². The fourth-order valence-electron chi connectivity index (χ4n) is 4.11. The Morgan fingerprint density at radius 2 is 0.887 bits per heavy atom. The third kappa shape index (κ3) is 25.2. The van der Waals surface area contributed by atoms with E-state index in [9.17, 15) is 18.0 Å². The van der Waals surface area contributed by atoms with Crippen LogP contribution in [0.5, 0.6) is 0 Å². The van der Waals surface area contributed by atoms with Crippen molar-refractivity contribution in [1.82, 2.24) is 0 Å². The van der Waals surface area contributed by atoms with Gasteiger partial charge in [0.2, 0.25) is 0 Å². The molecule has 17 heteroatoms. The molecule has 2 aromatic carbocycles. The molecule has 0 saturated carbocycles. The zero-order valence-electron chi connectivity index (χ0n) is 30.1. The Morgan fingerprint density at radius 3 is 1.28 bits per heavy atom. The monoisotopic (exact) mass is 783 g/mol. The van der Waals surface area contributed by atoms with Crippen molar-refractivity contribution in [2.75, 3.05) is 150 Å². The highest BCUT2D eigenvalue weighted by Gasteiger charge is 2.30. The van der Waals surface area contributed by atoms with Crippen molar-refractivity contribution in [3.63, 3.8) is 0 Å². The normalized spacial score (nSPS) is 11.6. The first-order chi connectivity index (χ1) is 25.9. The number of carbonyl (C=O) groups excluding carboxylic acids is 1. The molecule has 0 saturated heterocycles. The standard InChI is InChI=1S/C36H53ClF3NO12/c37-8-9-43-10-11-44-12-13-45-14-15-46-16-17-47-18-19-48-20-21-49-22-23-50-24-25-51-26-27-52-28-29-53-35(42)33-6-1-2-7-34(33)41-32-5-3-4-31(30-32)36(38,39)40/h1-7,30,41H,8-29H2. The summed E-state index contributed by atoms with van der Waals surface area (Å²) in [6.45, 7) is 8.82. The lowest BCUT2D eigenvalue weighted by Gasteiger charge is -2.13. The van der Waals surface area contributed by atoms with Gasteiger partial charge in [-0.3, -0.25) is 0 Å². The SMILES string of the molecule is O=C(OCCOCCOCCOCCOCCOCCOCCOCCOCCOCCOCCCl)c1ccccc1Nc1cccc(C(F)(F)F)c1. The molecule has 0 aliphatic carbocycles. The van der Waals surface area contributed by atoms with E-state index < -0.39 is 17.7 Å². The molecule has 2 aromatic rings.